The van der Waals surface area contributed by atoms with E-state index in [1.807, 2.05) is 18.3 Å². The van der Waals surface area contributed by atoms with Gasteiger partial charge in [-0.3, -0.25) is 0 Å². The predicted octanol–water partition coefficient (Wildman–Crippen LogP) is 5.58. The summed E-state index contributed by atoms with van der Waals surface area (Å²) in [7, 11) is 4.12. The van der Waals surface area contributed by atoms with Crippen LogP contribution in [0.1, 0.15) is 0 Å². The van der Waals surface area contributed by atoms with Crippen LogP contribution in [0, 0.1) is 0 Å². The largest absolute Gasteiger partial charge is 0.457 e. The monoisotopic (exact) mass is 433 g/mol. The lowest BCUT2D eigenvalue weighted by molar-refractivity contribution is -0.658. The van der Waals surface area contributed by atoms with E-state index >= 15 is 0 Å². The Morgan fingerprint density at radius 2 is 1.52 bits per heavy atom. The molecule has 0 amide bonds. The Hall–Kier alpha value is -4.25. The molecule has 0 saturated heterocycles. The fraction of sp³-hybridized carbons (Fsp3) is 0.107. The van der Waals surface area contributed by atoms with Crippen molar-refractivity contribution >= 4 is 27.6 Å². The molecular weight excluding hydrogens is 408 g/mol. The molecule has 1 aliphatic rings. The molecule has 33 heavy (non-hydrogen) atoms. The van der Waals surface area contributed by atoms with E-state index in [0.717, 1.165) is 35.2 Å². The standard InChI is InChI=1S/C28H25N4O/c1-29-16-17-31(20-29)28-19-23(14-15-30(28)2)33-22-12-13-25-24-10-6-7-11-26(24)32(27(25)18-22)21-8-4-3-5-9-21/h3-19H,20H2,1-2H3/q+1. The Balaban J connectivity index is 1.43. The first kappa shape index (κ1) is 19.4. The van der Waals surface area contributed by atoms with Crippen molar-refractivity contribution in [3.05, 3.63) is 104 Å². The number of hydrogen-bond acceptors (Lipinski definition) is 3. The number of rotatable bonds is 4. The first-order valence-electron chi connectivity index (χ1n) is 11.1. The zero-order chi connectivity index (χ0) is 22.4. The smallest absolute Gasteiger partial charge is 0.286 e. The number of aromatic nitrogens is 2. The van der Waals surface area contributed by atoms with E-state index in [0.29, 0.717) is 0 Å². The van der Waals surface area contributed by atoms with E-state index in [1.54, 1.807) is 0 Å². The molecule has 0 radical (unpaired) electrons. The van der Waals surface area contributed by atoms with Gasteiger partial charge in [-0.15, -0.1) is 0 Å². The van der Waals surface area contributed by atoms with E-state index in [4.69, 9.17) is 4.74 Å². The quantitative estimate of drug-likeness (QED) is 0.346. The Labute approximate surface area is 193 Å². The van der Waals surface area contributed by atoms with E-state index < -0.39 is 0 Å². The van der Waals surface area contributed by atoms with Crippen molar-refractivity contribution in [3.63, 3.8) is 0 Å². The SMILES string of the molecule is CN1C=CN(c2cc(Oc3ccc4c5ccccc5n(-c5ccccc5)c4c3)cc[n+]2C)C1. The second kappa shape index (κ2) is 7.71. The first-order valence-corrected chi connectivity index (χ1v) is 11.1. The third kappa shape index (κ3) is 3.38. The summed E-state index contributed by atoms with van der Waals surface area (Å²) < 4.78 is 10.8. The second-order valence-electron chi connectivity index (χ2n) is 8.47. The molecule has 3 heterocycles. The van der Waals surface area contributed by atoms with Gasteiger partial charge in [-0.05, 0) is 30.3 Å². The van der Waals surface area contributed by atoms with Crippen molar-refractivity contribution < 1.29 is 9.30 Å². The van der Waals surface area contributed by atoms with Gasteiger partial charge in [0.05, 0.1) is 30.3 Å². The number of aryl methyl sites for hydroxylation is 1. The van der Waals surface area contributed by atoms with Gasteiger partial charge in [0.1, 0.15) is 17.7 Å². The lowest BCUT2D eigenvalue weighted by Crippen LogP contribution is -2.37. The molecule has 5 nitrogen and oxygen atoms in total. The van der Waals surface area contributed by atoms with Crippen LogP contribution >= 0.6 is 0 Å². The molecule has 0 aliphatic carbocycles. The molecule has 1 aliphatic heterocycles. The van der Waals surface area contributed by atoms with Crippen molar-refractivity contribution in [2.75, 3.05) is 18.6 Å². The van der Waals surface area contributed by atoms with E-state index in [2.05, 4.69) is 118 Å². The van der Waals surface area contributed by atoms with Crippen LogP contribution in [0.3, 0.4) is 0 Å². The summed E-state index contributed by atoms with van der Waals surface area (Å²) in [6.07, 6.45) is 6.20. The van der Waals surface area contributed by atoms with Crippen LogP contribution < -0.4 is 14.2 Å². The highest BCUT2D eigenvalue weighted by Crippen LogP contribution is 2.35. The molecule has 0 spiro atoms. The summed E-state index contributed by atoms with van der Waals surface area (Å²) in [4.78, 5) is 4.34. The van der Waals surface area contributed by atoms with Gasteiger partial charge in [-0.2, -0.15) is 0 Å². The molecule has 3 aromatic carbocycles. The van der Waals surface area contributed by atoms with Crippen molar-refractivity contribution in [2.45, 2.75) is 0 Å². The molecule has 2 aromatic heterocycles. The maximum absolute atomic E-state index is 6.36. The summed E-state index contributed by atoms with van der Waals surface area (Å²) in [5.41, 5.74) is 3.46. The Morgan fingerprint density at radius 3 is 2.33 bits per heavy atom. The van der Waals surface area contributed by atoms with Crippen molar-refractivity contribution in [1.29, 1.82) is 0 Å². The number of para-hydroxylation sites is 2. The van der Waals surface area contributed by atoms with Gasteiger partial charge in [0.15, 0.2) is 6.67 Å². The minimum atomic E-state index is 0.813. The van der Waals surface area contributed by atoms with Crippen LogP contribution in [-0.2, 0) is 7.05 Å². The maximum atomic E-state index is 6.36. The van der Waals surface area contributed by atoms with Gasteiger partial charge in [0.2, 0.25) is 0 Å². The van der Waals surface area contributed by atoms with Crippen LogP contribution in [0.25, 0.3) is 27.5 Å². The molecule has 5 heteroatoms. The molecule has 162 valence electrons. The third-order valence-corrected chi connectivity index (χ3v) is 6.16. The molecule has 0 bridgehead atoms. The molecule has 0 N–H and O–H groups in total. The molecule has 0 saturated carbocycles. The van der Waals surface area contributed by atoms with Gasteiger partial charge in [0, 0.05) is 41.8 Å². The summed E-state index contributed by atoms with van der Waals surface area (Å²) in [6.45, 7) is 0.820. The first-order chi connectivity index (χ1) is 16.2. The lowest BCUT2D eigenvalue weighted by atomic mass is 10.1. The second-order valence-corrected chi connectivity index (χ2v) is 8.47. The minimum absolute atomic E-state index is 0.813. The predicted molar refractivity (Wildman–Crippen MR) is 133 cm³/mol. The molecule has 5 aromatic rings. The third-order valence-electron chi connectivity index (χ3n) is 6.16. The minimum Gasteiger partial charge on any atom is -0.457 e. The van der Waals surface area contributed by atoms with Crippen LogP contribution in [0.15, 0.2) is 104 Å². The number of benzene rings is 3. The van der Waals surface area contributed by atoms with E-state index in [-0.39, 0.29) is 0 Å². The van der Waals surface area contributed by atoms with Gasteiger partial charge < -0.3 is 14.2 Å². The van der Waals surface area contributed by atoms with Crippen LogP contribution in [0.2, 0.25) is 0 Å². The highest BCUT2D eigenvalue weighted by Gasteiger charge is 2.22. The average Bonchev–Trinajstić information content (AvgIpc) is 3.41. The Morgan fingerprint density at radius 1 is 0.758 bits per heavy atom. The highest BCUT2D eigenvalue weighted by atomic mass is 16.5. The number of nitrogens with zero attached hydrogens (tertiary/aromatic N) is 4. The summed E-state index contributed by atoms with van der Waals surface area (Å²) in [5.74, 6) is 2.71. The van der Waals surface area contributed by atoms with Crippen molar-refractivity contribution in [3.8, 4) is 17.2 Å². The van der Waals surface area contributed by atoms with Gasteiger partial charge in [-0.25, -0.2) is 9.47 Å². The van der Waals surface area contributed by atoms with Crippen LogP contribution in [0.4, 0.5) is 5.82 Å². The fourth-order valence-corrected chi connectivity index (χ4v) is 4.57. The van der Waals surface area contributed by atoms with E-state index in [1.165, 1.54) is 16.3 Å². The number of anilines is 1. The normalized spacial score (nSPS) is 13.4. The number of ether oxygens (including phenoxy) is 1. The van der Waals surface area contributed by atoms with Crippen LogP contribution in [0.5, 0.6) is 11.5 Å². The van der Waals surface area contributed by atoms with Gasteiger partial charge >= 0.3 is 0 Å². The highest BCUT2D eigenvalue weighted by molar-refractivity contribution is 6.09. The maximum Gasteiger partial charge on any atom is 0.286 e. The van der Waals surface area contributed by atoms with Gasteiger partial charge in [0.25, 0.3) is 5.82 Å². The zero-order valence-corrected chi connectivity index (χ0v) is 18.7. The summed E-state index contributed by atoms with van der Waals surface area (Å²) in [6, 6.07) is 29.5. The topological polar surface area (TPSA) is 24.5 Å². The van der Waals surface area contributed by atoms with Crippen molar-refractivity contribution in [1.82, 2.24) is 9.47 Å². The molecule has 6 rings (SSSR count). The summed E-state index contributed by atoms with van der Waals surface area (Å²) in [5, 5.41) is 2.45. The fourth-order valence-electron chi connectivity index (χ4n) is 4.57. The Kier molecular flexibility index (Phi) is 4.54. The molecule has 0 unspecified atom stereocenters. The lowest BCUT2D eigenvalue weighted by Gasteiger charge is -2.14. The number of fused-ring (bicyclic) bond motifs is 3. The molecule has 0 atom stereocenters. The Bertz CT molecular complexity index is 1500. The van der Waals surface area contributed by atoms with Crippen molar-refractivity contribution in [2.24, 2.45) is 7.05 Å². The van der Waals surface area contributed by atoms with E-state index in [9.17, 15) is 0 Å². The molecular formula is C28H25N4O+. The molecule has 0 fully saturated rings. The zero-order valence-electron chi connectivity index (χ0n) is 18.7. The van der Waals surface area contributed by atoms with Crippen LogP contribution in [-0.4, -0.2) is 23.2 Å². The number of hydrogen-bond donors (Lipinski definition) is 0. The summed E-state index contributed by atoms with van der Waals surface area (Å²) >= 11 is 0. The number of pyridine rings is 1. The van der Waals surface area contributed by atoms with Gasteiger partial charge in [-0.1, -0.05) is 36.4 Å². The average molecular weight is 434 g/mol.